The van der Waals surface area contributed by atoms with Gasteiger partial charge in [0, 0.05) is 11.8 Å². The molecule has 29 heavy (non-hydrogen) atoms. The molecule has 0 aromatic heterocycles. The zero-order valence-electron chi connectivity index (χ0n) is 14.4. The van der Waals surface area contributed by atoms with E-state index in [9.17, 15) is 35.4 Å². The molecule has 0 aliphatic carbocycles. The van der Waals surface area contributed by atoms with E-state index in [0.29, 0.717) is 0 Å². The molecular weight excluding hydrogens is 432 g/mol. The van der Waals surface area contributed by atoms with Crippen LogP contribution in [0.1, 0.15) is 6.42 Å². The average Bonchev–Trinajstić information content (AvgIpc) is 2.71. The highest BCUT2D eigenvalue weighted by Crippen LogP contribution is 2.50. The minimum atomic E-state index is -4.29. The van der Waals surface area contributed by atoms with E-state index in [1.165, 1.54) is 0 Å². The molecule has 1 saturated heterocycles. The van der Waals surface area contributed by atoms with Gasteiger partial charge in [-0.1, -0.05) is 12.2 Å². The SMILES string of the molecule is O=C(C=S)CCOCCO[C@]1(O)O[C@H](C(O)O)[C@@](O)(OO)[C@](O)(OO)[C@@]1(O)OO. The number of rotatable bonds is 12. The van der Waals surface area contributed by atoms with E-state index in [4.69, 9.17) is 20.5 Å². The Hall–Kier alpha value is -0.840. The molecule has 1 aliphatic heterocycles. The molecule has 1 heterocycles. The minimum Gasteiger partial charge on any atom is -0.379 e. The first-order valence-corrected chi connectivity index (χ1v) is 8.01. The summed E-state index contributed by atoms with van der Waals surface area (Å²) < 4.78 is 14.1. The van der Waals surface area contributed by atoms with Crippen molar-refractivity contribution >= 4 is 23.4 Å². The highest BCUT2D eigenvalue weighted by atomic mass is 32.1. The fraction of sp³-hybridized carbons (Fsp3) is 0.833. The summed E-state index contributed by atoms with van der Waals surface area (Å²) in [6.45, 7) is -1.33. The first-order valence-electron chi connectivity index (χ1n) is 7.53. The van der Waals surface area contributed by atoms with E-state index in [-0.39, 0.29) is 13.0 Å². The molecule has 0 amide bonds. The molecular formula is C12H20O16S. The fourth-order valence-electron chi connectivity index (χ4n) is 2.31. The van der Waals surface area contributed by atoms with Crippen LogP contribution in [0.3, 0.4) is 0 Å². The summed E-state index contributed by atoms with van der Waals surface area (Å²) in [5.41, 5.74) is 0. The summed E-state index contributed by atoms with van der Waals surface area (Å²) in [5.74, 6) is -16.7. The van der Waals surface area contributed by atoms with Crippen molar-refractivity contribution in [1.29, 1.82) is 0 Å². The molecule has 5 atom stereocenters. The van der Waals surface area contributed by atoms with Crippen molar-refractivity contribution in [2.45, 2.75) is 42.1 Å². The van der Waals surface area contributed by atoms with Crippen LogP contribution < -0.4 is 0 Å². The molecule has 0 aromatic carbocycles. The van der Waals surface area contributed by atoms with E-state index in [1.807, 2.05) is 0 Å². The quantitative estimate of drug-likeness (QED) is 0.0448. The standard InChI is InChI=1S/C12H20O16S/c13-6(5-29)1-2-23-3-4-24-12(19)11(18,28-22)10(17,27-21)9(16,26-20)7(25-12)8(14)15/h5,7-8,14-22H,1-4H2/t7-,9-,10+,11-,12+/m1/s1. The van der Waals surface area contributed by atoms with Crippen LogP contribution in [0.5, 0.6) is 0 Å². The Morgan fingerprint density at radius 1 is 1.00 bits per heavy atom. The first kappa shape index (κ1) is 26.2. The second-order valence-corrected chi connectivity index (χ2v) is 5.82. The van der Waals surface area contributed by atoms with Crippen molar-refractivity contribution in [3.63, 3.8) is 0 Å². The van der Waals surface area contributed by atoms with Gasteiger partial charge in [0.2, 0.25) is 0 Å². The molecule has 0 spiro atoms. The third kappa shape index (κ3) is 4.45. The number of aliphatic hydroxyl groups excluding tert-OH is 1. The maximum atomic E-state index is 11.0. The summed E-state index contributed by atoms with van der Waals surface area (Å²) in [6, 6.07) is 0. The Labute approximate surface area is 166 Å². The Kier molecular flexibility index (Phi) is 9.01. The molecule has 0 bridgehead atoms. The molecule has 16 nitrogen and oxygen atoms in total. The number of hydrogen-bond acceptors (Lipinski definition) is 17. The number of aliphatic hydroxyl groups is 6. The Balaban J connectivity index is 3.08. The van der Waals surface area contributed by atoms with Gasteiger partial charge in [-0.2, -0.15) is 14.7 Å². The lowest BCUT2D eigenvalue weighted by Gasteiger charge is -2.56. The van der Waals surface area contributed by atoms with Crippen LogP contribution >= 0.6 is 12.2 Å². The molecule has 1 aliphatic rings. The summed E-state index contributed by atoms with van der Waals surface area (Å²) in [7, 11) is 0. The van der Waals surface area contributed by atoms with Crippen LogP contribution in [-0.2, 0) is 33.7 Å². The van der Waals surface area contributed by atoms with Gasteiger partial charge in [0.1, 0.15) is 0 Å². The lowest BCUT2D eigenvalue weighted by Crippen LogP contribution is -2.87. The molecule has 0 unspecified atom stereocenters. The monoisotopic (exact) mass is 452 g/mol. The van der Waals surface area contributed by atoms with Gasteiger partial charge in [-0.3, -0.25) is 4.79 Å². The Bertz CT molecular complexity index is 576. The van der Waals surface area contributed by atoms with E-state index < -0.39 is 54.7 Å². The maximum Gasteiger partial charge on any atom is 0.347 e. The van der Waals surface area contributed by atoms with Crippen LogP contribution in [-0.4, -0.2) is 113 Å². The van der Waals surface area contributed by atoms with Gasteiger partial charge in [-0.25, -0.2) is 15.8 Å². The molecule has 1 rings (SSSR count). The van der Waals surface area contributed by atoms with Gasteiger partial charge >= 0.3 is 17.5 Å². The normalized spacial score (nSPS) is 37.7. The van der Waals surface area contributed by atoms with Crippen LogP contribution in [0.15, 0.2) is 0 Å². The van der Waals surface area contributed by atoms with Gasteiger partial charge in [-0.05, 0) is 0 Å². The minimum absolute atomic E-state index is 0.0916. The molecule has 1 fully saturated rings. The Morgan fingerprint density at radius 2 is 1.59 bits per heavy atom. The van der Waals surface area contributed by atoms with Crippen molar-refractivity contribution in [2.75, 3.05) is 19.8 Å². The van der Waals surface area contributed by atoms with E-state index >= 15 is 0 Å². The number of ether oxygens (including phenoxy) is 3. The van der Waals surface area contributed by atoms with Crippen LogP contribution in [0.4, 0.5) is 0 Å². The molecule has 0 radical (unpaired) electrons. The zero-order valence-corrected chi connectivity index (χ0v) is 15.2. The van der Waals surface area contributed by atoms with Gasteiger partial charge in [0.15, 0.2) is 18.2 Å². The predicted octanol–water partition coefficient (Wildman–Crippen LogP) is -4.13. The number of carbonyl (C=O) groups excluding carboxylic acids is 1. The highest BCUT2D eigenvalue weighted by Gasteiger charge is 2.85. The summed E-state index contributed by atoms with van der Waals surface area (Å²) in [4.78, 5) is 21.3. The van der Waals surface area contributed by atoms with E-state index in [2.05, 4.69) is 36.4 Å². The first-order chi connectivity index (χ1) is 13.4. The lowest BCUT2D eigenvalue weighted by atomic mass is 9.86. The van der Waals surface area contributed by atoms with Gasteiger partial charge in [0.05, 0.1) is 19.8 Å². The van der Waals surface area contributed by atoms with Gasteiger partial charge in [-0.15, -0.1) is 0 Å². The molecule has 9 N–H and O–H groups in total. The number of ketones is 1. The summed E-state index contributed by atoms with van der Waals surface area (Å²) in [6.07, 6.45) is -5.82. The molecule has 170 valence electrons. The largest absolute Gasteiger partial charge is 0.379 e. The number of thiocarbonyl (C=S) groups is 1. The summed E-state index contributed by atoms with van der Waals surface area (Å²) in [5, 5.41) is 87.1. The zero-order chi connectivity index (χ0) is 22.5. The predicted molar refractivity (Wildman–Crippen MR) is 84.1 cm³/mol. The number of hydrogen-bond donors (Lipinski definition) is 9. The van der Waals surface area contributed by atoms with Crippen molar-refractivity contribution in [1.82, 2.24) is 0 Å². The van der Waals surface area contributed by atoms with Gasteiger partial charge in [0.25, 0.3) is 5.79 Å². The summed E-state index contributed by atoms with van der Waals surface area (Å²) >= 11 is 4.39. The van der Waals surface area contributed by atoms with E-state index in [0.717, 1.165) is 5.37 Å². The molecule has 0 aromatic rings. The number of carbonyl (C=O) groups is 1. The van der Waals surface area contributed by atoms with E-state index in [1.54, 1.807) is 0 Å². The second kappa shape index (κ2) is 9.98. The highest BCUT2D eigenvalue weighted by molar-refractivity contribution is 7.80. The molecule has 0 saturated carbocycles. The number of Topliss-reactive ketones (excluding diaryl/α,β-unsaturated/α-hetero) is 1. The lowest BCUT2D eigenvalue weighted by molar-refractivity contribution is -0.687. The van der Waals surface area contributed by atoms with Crippen LogP contribution in [0.25, 0.3) is 0 Å². The topological polar surface area (TPSA) is 255 Å². The fourth-order valence-corrected chi connectivity index (χ4v) is 2.43. The Morgan fingerprint density at radius 3 is 2.03 bits per heavy atom. The van der Waals surface area contributed by atoms with Crippen molar-refractivity contribution in [3.05, 3.63) is 0 Å². The smallest absolute Gasteiger partial charge is 0.347 e. The van der Waals surface area contributed by atoms with Crippen LogP contribution in [0.2, 0.25) is 0 Å². The van der Waals surface area contributed by atoms with Crippen molar-refractivity contribution in [3.8, 4) is 0 Å². The van der Waals surface area contributed by atoms with Crippen LogP contribution in [0, 0.1) is 0 Å². The maximum absolute atomic E-state index is 11.0. The molecule has 17 heteroatoms. The third-order valence-corrected chi connectivity index (χ3v) is 4.13. The second-order valence-electron chi connectivity index (χ2n) is 5.59. The van der Waals surface area contributed by atoms with Crippen molar-refractivity contribution in [2.24, 2.45) is 0 Å². The van der Waals surface area contributed by atoms with Gasteiger partial charge < -0.3 is 44.8 Å². The average molecular weight is 452 g/mol. The third-order valence-electron chi connectivity index (χ3n) is 3.87. The van der Waals surface area contributed by atoms with Crippen molar-refractivity contribution < 1.29 is 80.1 Å².